The lowest BCUT2D eigenvalue weighted by molar-refractivity contribution is 0.220. The maximum absolute atomic E-state index is 5.73. The van der Waals surface area contributed by atoms with Crippen LogP contribution in [0.15, 0.2) is 0 Å². The van der Waals surface area contributed by atoms with Crippen LogP contribution in [0.2, 0.25) is 30.7 Å². The molecule has 3 nitrogen and oxygen atoms in total. The van der Waals surface area contributed by atoms with Gasteiger partial charge in [-0.2, -0.15) is 0 Å². The average molecular weight is 346 g/mol. The lowest BCUT2D eigenvalue weighted by Gasteiger charge is -2.51. The third-order valence-electron chi connectivity index (χ3n) is 6.24. The standard InChI is InChI=1S/C17H39NO2Si2/c1-17(2,3)21(6,7)18(16-12-10-9-11-13-16)14-15-22(8,19-4)20-5/h16H,9-15H2,1-8H3. The molecule has 0 amide bonds. The van der Waals surface area contributed by atoms with Crippen LogP contribution in [0.4, 0.5) is 0 Å². The van der Waals surface area contributed by atoms with Gasteiger partial charge in [0.25, 0.3) is 0 Å². The molecule has 0 atom stereocenters. The topological polar surface area (TPSA) is 21.7 Å². The molecule has 0 aromatic heterocycles. The maximum Gasteiger partial charge on any atom is 0.335 e. The van der Waals surface area contributed by atoms with Gasteiger partial charge in [0, 0.05) is 26.3 Å². The first kappa shape index (κ1) is 20.4. The van der Waals surface area contributed by atoms with Crippen LogP contribution in [0.1, 0.15) is 52.9 Å². The molecular formula is C17H39NO2Si2. The minimum Gasteiger partial charge on any atom is -0.398 e. The SMILES string of the molecule is CO[Si](C)(CCN(C1CCCCC1)[Si](C)(C)C(C)(C)C)OC. The molecule has 0 N–H and O–H groups in total. The summed E-state index contributed by atoms with van der Waals surface area (Å²) in [5.74, 6) is 0. The van der Waals surface area contributed by atoms with Crippen LogP contribution in [0.3, 0.4) is 0 Å². The van der Waals surface area contributed by atoms with E-state index in [0.29, 0.717) is 5.04 Å². The highest BCUT2D eigenvalue weighted by molar-refractivity contribution is 6.77. The van der Waals surface area contributed by atoms with E-state index in [1.807, 2.05) is 14.2 Å². The van der Waals surface area contributed by atoms with Crippen molar-refractivity contribution in [2.75, 3.05) is 20.8 Å². The Labute approximate surface area is 141 Å². The van der Waals surface area contributed by atoms with E-state index in [1.165, 1.54) is 32.1 Å². The van der Waals surface area contributed by atoms with Crippen molar-refractivity contribution in [3.8, 4) is 0 Å². The molecule has 0 aromatic rings. The fourth-order valence-electron chi connectivity index (χ4n) is 3.35. The molecule has 22 heavy (non-hydrogen) atoms. The Hall–Kier alpha value is 0.314. The molecule has 0 heterocycles. The summed E-state index contributed by atoms with van der Waals surface area (Å²) < 4.78 is 14.4. The monoisotopic (exact) mass is 345 g/mol. The largest absolute Gasteiger partial charge is 0.398 e. The molecular weight excluding hydrogens is 306 g/mol. The first-order valence-corrected chi connectivity index (χ1v) is 14.4. The number of nitrogens with zero attached hydrogens (tertiary/aromatic N) is 1. The Balaban J connectivity index is 2.91. The fourth-order valence-corrected chi connectivity index (χ4v) is 7.50. The van der Waals surface area contributed by atoms with Crippen molar-refractivity contribution in [2.24, 2.45) is 0 Å². The van der Waals surface area contributed by atoms with Gasteiger partial charge in [-0.25, -0.2) is 0 Å². The van der Waals surface area contributed by atoms with Gasteiger partial charge >= 0.3 is 8.56 Å². The second-order valence-corrected chi connectivity index (χ2v) is 17.4. The predicted molar refractivity (Wildman–Crippen MR) is 101 cm³/mol. The minimum absolute atomic E-state index is 0.391. The maximum atomic E-state index is 5.73. The fraction of sp³-hybridized carbons (Fsp3) is 1.00. The summed E-state index contributed by atoms with van der Waals surface area (Å²) in [4.78, 5) is 0. The van der Waals surface area contributed by atoms with Crippen molar-refractivity contribution in [1.29, 1.82) is 0 Å². The molecule has 1 rings (SSSR count). The van der Waals surface area contributed by atoms with Gasteiger partial charge in [0.2, 0.25) is 0 Å². The lowest BCUT2D eigenvalue weighted by Crippen LogP contribution is -2.60. The van der Waals surface area contributed by atoms with Gasteiger partial charge in [-0.1, -0.05) is 53.1 Å². The first-order chi connectivity index (χ1) is 10.1. The molecule has 1 aliphatic rings. The van der Waals surface area contributed by atoms with Crippen molar-refractivity contribution < 1.29 is 8.85 Å². The van der Waals surface area contributed by atoms with Crippen LogP contribution < -0.4 is 0 Å². The van der Waals surface area contributed by atoms with E-state index in [1.54, 1.807) is 0 Å². The predicted octanol–water partition coefficient (Wildman–Crippen LogP) is 4.99. The molecule has 0 aliphatic heterocycles. The van der Waals surface area contributed by atoms with Crippen LogP contribution in [0.5, 0.6) is 0 Å². The number of rotatable bonds is 7. The summed E-state index contributed by atoms with van der Waals surface area (Å²) in [7, 11) is 0.141. The highest BCUT2D eigenvalue weighted by atomic mass is 28.4. The molecule has 0 unspecified atom stereocenters. The Morgan fingerprint density at radius 1 is 0.955 bits per heavy atom. The zero-order chi connectivity index (χ0) is 17.0. The van der Waals surface area contributed by atoms with E-state index in [2.05, 4.69) is 45.0 Å². The molecule has 132 valence electrons. The summed E-state index contributed by atoms with van der Waals surface area (Å²) in [6.45, 7) is 15.7. The zero-order valence-electron chi connectivity index (χ0n) is 16.3. The molecule has 0 saturated heterocycles. The van der Waals surface area contributed by atoms with Gasteiger partial charge < -0.3 is 13.4 Å². The van der Waals surface area contributed by atoms with E-state index in [4.69, 9.17) is 8.85 Å². The quantitative estimate of drug-likeness (QED) is 0.607. The normalized spacial score (nSPS) is 19.0. The van der Waals surface area contributed by atoms with Gasteiger partial charge in [-0.15, -0.1) is 0 Å². The Morgan fingerprint density at radius 2 is 1.45 bits per heavy atom. The second-order valence-electron chi connectivity index (χ2n) is 8.59. The second kappa shape index (κ2) is 7.92. The van der Waals surface area contributed by atoms with Crippen LogP contribution in [-0.2, 0) is 8.85 Å². The van der Waals surface area contributed by atoms with Crippen molar-refractivity contribution in [3.63, 3.8) is 0 Å². The van der Waals surface area contributed by atoms with Crippen LogP contribution in [0.25, 0.3) is 0 Å². The molecule has 0 radical (unpaired) electrons. The average Bonchev–Trinajstić information content (AvgIpc) is 2.47. The smallest absolute Gasteiger partial charge is 0.335 e. The van der Waals surface area contributed by atoms with E-state index in [-0.39, 0.29) is 0 Å². The summed E-state index contributed by atoms with van der Waals surface area (Å²) in [5, 5.41) is 0.391. The first-order valence-electron chi connectivity index (χ1n) is 8.94. The third-order valence-corrected chi connectivity index (χ3v) is 14.8. The number of hydrogen-bond donors (Lipinski definition) is 0. The Bertz CT molecular complexity index is 332. The van der Waals surface area contributed by atoms with Gasteiger partial charge in [-0.05, 0) is 31.0 Å². The Morgan fingerprint density at radius 3 is 1.86 bits per heavy atom. The molecule has 5 heteroatoms. The molecule has 0 spiro atoms. The highest BCUT2D eigenvalue weighted by Gasteiger charge is 2.44. The summed E-state index contributed by atoms with van der Waals surface area (Å²) in [6.07, 6.45) is 6.98. The summed E-state index contributed by atoms with van der Waals surface area (Å²) in [5.41, 5.74) is 0. The summed E-state index contributed by atoms with van der Waals surface area (Å²) in [6, 6.07) is 1.85. The third kappa shape index (κ3) is 4.90. The van der Waals surface area contributed by atoms with Crippen LogP contribution in [0, 0.1) is 0 Å². The van der Waals surface area contributed by atoms with Gasteiger partial charge in [0.05, 0.1) is 0 Å². The van der Waals surface area contributed by atoms with Gasteiger partial charge in [0.1, 0.15) is 8.24 Å². The van der Waals surface area contributed by atoms with E-state index >= 15 is 0 Å². The van der Waals surface area contributed by atoms with Crippen LogP contribution in [-0.4, -0.2) is 48.2 Å². The van der Waals surface area contributed by atoms with E-state index < -0.39 is 16.8 Å². The molecule has 0 bridgehead atoms. The highest BCUT2D eigenvalue weighted by Crippen LogP contribution is 2.41. The Kier molecular flexibility index (Phi) is 7.33. The number of hydrogen-bond acceptors (Lipinski definition) is 3. The van der Waals surface area contributed by atoms with Crippen molar-refractivity contribution in [3.05, 3.63) is 0 Å². The molecule has 0 aromatic carbocycles. The zero-order valence-corrected chi connectivity index (χ0v) is 18.3. The van der Waals surface area contributed by atoms with Gasteiger partial charge in [0.15, 0.2) is 0 Å². The van der Waals surface area contributed by atoms with Crippen molar-refractivity contribution in [1.82, 2.24) is 4.57 Å². The molecule has 1 saturated carbocycles. The van der Waals surface area contributed by atoms with Crippen molar-refractivity contribution in [2.45, 2.75) is 89.6 Å². The molecule has 1 fully saturated rings. The lowest BCUT2D eigenvalue weighted by atomic mass is 9.95. The molecule has 1 aliphatic carbocycles. The van der Waals surface area contributed by atoms with Gasteiger partial charge in [-0.3, -0.25) is 0 Å². The van der Waals surface area contributed by atoms with Crippen molar-refractivity contribution >= 4 is 16.8 Å². The van der Waals surface area contributed by atoms with E-state index in [9.17, 15) is 0 Å². The van der Waals surface area contributed by atoms with E-state index in [0.717, 1.165) is 18.6 Å². The van der Waals surface area contributed by atoms with Crippen LogP contribution >= 0.6 is 0 Å². The summed E-state index contributed by atoms with van der Waals surface area (Å²) >= 11 is 0. The minimum atomic E-state index is -1.98.